The number of halogens is 2. The van der Waals surface area contributed by atoms with Gasteiger partial charge in [-0.25, -0.2) is 14.4 Å². The minimum atomic E-state index is -0.782. The van der Waals surface area contributed by atoms with Crippen LogP contribution in [-0.2, 0) is 9.59 Å². The zero-order chi connectivity index (χ0) is 33.2. The molecule has 1 saturated heterocycles. The molecule has 0 saturated carbocycles. The Morgan fingerprint density at radius 2 is 1.78 bits per heavy atom. The van der Waals surface area contributed by atoms with E-state index in [1.165, 1.54) is 35.2 Å². The molecule has 0 radical (unpaired) electrons. The van der Waals surface area contributed by atoms with Crippen LogP contribution in [-0.4, -0.2) is 62.0 Å². The van der Waals surface area contributed by atoms with Crippen molar-refractivity contribution in [3.63, 3.8) is 0 Å². The second kappa shape index (κ2) is 11.5. The molecule has 4 heterocycles. The predicted molar refractivity (Wildman–Crippen MR) is 177 cm³/mol. The molecule has 0 aliphatic carbocycles. The Labute approximate surface area is 270 Å². The normalized spacial score (nSPS) is 16.1. The molecule has 2 aromatic heterocycles. The number of nitrogens with one attached hydrogen (secondary N) is 1. The fraction of sp³-hybridized carbons (Fsp3) is 0.324. The molecule has 2 aromatic carbocycles. The van der Waals surface area contributed by atoms with Crippen LogP contribution in [0, 0.1) is 12.7 Å². The van der Waals surface area contributed by atoms with E-state index in [0.29, 0.717) is 45.8 Å². The number of aromatic nitrogens is 3. The fourth-order valence-corrected chi connectivity index (χ4v) is 7.01. The van der Waals surface area contributed by atoms with Crippen LogP contribution >= 0.6 is 11.6 Å². The molecule has 2 amide bonds. The zero-order valence-electron chi connectivity index (χ0n) is 26.2. The Balaban J connectivity index is 1.79. The summed E-state index contributed by atoms with van der Waals surface area (Å²) in [5.41, 5.74) is 2.66. The van der Waals surface area contributed by atoms with Crippen molar-refractivity contribution in [1.82, 2.24) is 19.4 Å². The summed E-state index contributed by atoms with van der Waals surface area (Å²) < 4.78 is 16.9. The molecule has 2 N–H and O–H groups in total. The number of rotatable bonds is 5. The van der Waals surface area contributed by atoms with Crippen molar-refractivity contribution in [2.24, 2.45) is 0 Å². The average molecular weight is 645 g/mol. The number of nitrogens with zero attached hydrogens (tertiary/aromatic N) is 5. The number of phenolic OH excluding ortho intramolecular Hbond substituents is 1. The summed E-state index contributed by atoms with van der Waals surface area (Å²) in [4.78, 5) is 53.5. The molecule has 0 spiro atoms. The van der Waals surface area contributed by atoms with Gasteiger partial charge in [0.25, 0.3) is 5.56 Å². The molecule has 2 aliphatic rings. The lowest BCUT2D eigenvalue weighted by Crippen LogP contribution is -2.61. The highest BCUT2D eigenvalue weighted by molar-refractivity contribution is 6.35. The molecule has 6 rings (SSSR count). The highest BCUT2D eigenvalue weighted by atomic mass is 35.5. The molecule has 0 unspecified atom stereocenters. The summed E-state index contributed by atoms with van der Waals surface area (Å²) in [5, 5.41) is 14.3. The monoisotopic (exact) mass is 644 g/mol. The maximum Gasteiger partial charge on any atom is 0.281 e. The average Bonchev–Trinajstić information content (AvgIpc) is 3.02. The van der Waals surface area contributed by atoms with E-state index in [0.717, 1.165) is 0 Å². The summed E-state index contributed by atoms with van der Waals surface area (Å²) in [6.45, 7) is 13.8. The summed E-state index contributed by atoms with van der Waals surface area (Å²) in [5.74, 6) is -1.94. The largest absolute Gasteiger partial charge is 0.507 e. The minimum Gasteiger partial charge on any atom is -0.507 e. The van der Waals surface area contributed by atoms with E-state index in [2.05, 4.69) is 21.9 Å². The van der Waals surface area contributed by atoms with Crippen molar-refractivity contribution in [1.29, 1.82) is 0 Å². The first-order chi connectivity index (χ1) is 21.9. The highest BCUT2D eigenvalue weighted by Gasteiger charge is 2.42. The van der Waals surface area contributed by atoms with Gasteiger partial charge in [-0.3, -0.25) is 19.0 Å². The number of hydrogen-bond donors (Lipinski definition) is 2. The van der Waals surface area contributed by atoms with Gasteiger partial charge in [-0.2, -0.15) is 0 Å². The van der Waals surface area contributed by atoms with E-state index >= 15 is 4.39 Å². The number of pyridine rings is 1. The number of aryl methyl sites for hydroxylation is 1. The number of piperazine rings is 1. The van der Waals surface area contributed by atoms with Gasteiger partial charge in [0.15, 0.2) is 0 Å². The SMILES string of the molecule is C=CC(=O)N1CCN2c3c(c(=O)n(-c4c(C(C)C)ncnc4C(C)C)c4c(C)c(-c5c(O)cccc5F)c(Cl)cc34)NC(=O)[C@H]2C1. The van der Waals surface area contributed by atoms with E-state index in [9.17, 15) is 19.5 Å². The number of benzene rings is 2. The van der Waals surface area contributed by atoms with Gasteiger partial charge in [-0.1, -0.05) is 51.9 Å². The molecule has 0 bridgehead atoms. The van der Waals surface area contributed by atoms with E-state index in [1.807, 2.05) is 32.6 Å². The lowest BCUT2D eigenvalue weighted by atomic mass is 9.93. The topological polar surface area (TPSA) is 121 Å². The molecular weight excluding hydrogens is 611 g/mol. The van der Waals surface area contributed by atoms with Gasteiger partial charge in [-0.05, 0) is 48.6 Å². The number of fused-ring (bicyclic) bond motifs is 5. The lowest BCUT2D eigenvalue weighted by molar-refractivity contribution is -0.128. The summed E-state index contributed by atoms with van der Waals surface area (Å²) in [6.07, 6.45) is 2.68. The number of phenols is 1. The molecule has 46 heavy (non-hydrogen) atoms. The predicted octanol–water partition coefficient (Wildman–Crippen LogP) is 5.66. The molecule has 4 aromatic rings. The fourth-order valence-electron chi connectivity index (χ4n) is 6.67. The van der Waals surface area contributed by atoms with Gasteiger partial charge in [-0.15, -0.1) is 0 Å². The first kappa shape index (κ1) is 31.2. The first-order valence-electron chi connectivity index (χ1n) is 15.1. The second-order valence-corrected chi connectivity index (χ2v) is 12.6. The van der Waals surface area contributed by atoms with Gasteiger partial charge in [0.2, 0.25) is 11.8 Å². The molecule has 10 nitrogen and oxygen atoms in total. The zero-order valence-corrected chi connectivity index (χ0v) is 26.9. The van der Waals surface area contributed by atoms with Crippen molar-refractivity contribution in [3.8, 4) is 22.6 Å². The maximum atomic E-state index is 15.4. The molecule has 238 valence electrons. The third-order valence-electron chi connectivity index (χ3n) is 8.77. The highest BCUT2D eigenvalue weighted by Crippen LogP contribution is 2.47. The van der Waals surface area contributed by atoms with Crippen LogP contribution in [0.15, 0.2) is 48.0 Å². The Kier molecular flexibility index (Phi) is 7.84. The summed E-state index contributed by atoms with van der Waals surface area (Å²) >= 11 is 6.96. The standard InChI is InChI=1S/C34H34ClFN6O4/c1-7-24(44)40-11-12-41-22(14-40)33(45)39-29-31(41)19-13-20(35)25(26-21(36)9-8-10-23(26)43)18(6)30(19)42(34(29)46)32-27(16(2)3)37-15-38-28(32)17(4)5/h7-10,13,15-17,22,43H,1,11-12,14H2,2-6H3,(H,39,45)/t22-/m1/s1. The molecular formula is C34H34ClFN6O4. The van der Waals surface area contributed by atoms with Gasteiger partial charge in [0.05, 0.1) is 40.4 Å². The van der Waals surface area contributed by atoms with Crippen LogP contribution in [0.2, 0.25) is 5.02 Å². The summed E-state index contributed by atoms with van der Waals surface area (Å²) in [7, 11) is 0. The van der Waals surface area contributed by atoms with Crippen LogP contribution in [0.25, 0.3) is 27.7 Å². The first-order valence-corrected chi connectivity index (χ1v) is 15.5. The van der Waals surface area contributed by atoms with Crippen LogP contribution < -0.4 is 15.8 Å². The van der Waals surface area contributed by atoms with E-state index in [1.54, 1.807) is 17.9 Å². The second-order valence-electron chi connectivity index (χ2n) is 12.2. The van der Waals surface area contributed by atoms with Crippen LogP contribution in [0.1, 0.15) is 56.5 Å². The Morgan fingerprint density at radius 3 is 2.39 bits per heavy atom. The van der Waals surface area contributed by atoms with E-state index in [4.69, 9.17) is 11.6 Å². The summed E-state index contributed by atoms with van der Waals surface area (Å²) in [6, 6.07) is 4.87. The van der Waals surface area contributed by atoms with Crippen LogP contribution in [0.3, 0.4) is 0 Å². The smallest absolute Gasteiger partial charge is 0.281 e. The number of aromatic hydroxyl groups is 1. The van der Waals surface area contributed by atoms with Crippen molar-refractivity contribution < 1.29 is 19.1 Å². The third-order valence-corrected chi connectivity index (χ3v) is 9.07. The van der Waals surface area contributed by atoms with E-state index in [-0.39, 0.29) is 58.4 Å². The third kappa shape index (κ3) is 4.72. The van der Waals surface area contributed by atoms with Crippen LogP contribution in [0.4, 0.5) is 15.8 Å². The number of hydrogen-bond acceptors (Lipinski definition) is 7. The molecule has 2 aliphatic heterocycles. The van der Waals surface area contributed by atoms with Crippen molar-refractivity contribution >= 4 is 45.7 Å². The van der Waals surface area contributed by atoms with Gasteiger partial charge in [0.1, 0.15) is 29.6 Å². The van der Waals surface area contributed by atoms with Gasteiger partial charge in [0, 0.05) is 29.1 Å². The Bertz CT molecular complexity index is 1980. The van der Waals surface area contributed by atoms with Gasteiger partial charge < -0.3 is 20.2 Å². The lowest BCUT2D eigenvalue weighted by Gasteiger charge is -2.45. The number of amides is 2. The quantitative estimate of drug-likeness (QED) is 0.269. The molecule has 12 heteroatoms. The Morgan fingerprint density at radius 1 is 1.11 bits per heavy atom. The molecule has 1 atom stereocenters. The van der Waals surface area contributed by atoms with Crippen molar-refractivity contribution in [3.05, 3.63) is 81.4 Å². The minimum absolute atomic E-state index is 0.0578. The van der Waals surface area contributed by atoms with Gasteiger partial charge >= 0.3 is 0 Å². The van der Waals surface area contributed by atoms with Crippen LogP contribution in [0.5, 0.6) is 5.75 Å². The van der Waals surface area contributed by atoms with E-state index < -0.39 is 23.3 Å². The number of anilines is 2. The Hall–Kier alpha value is -4.77. The van der Waals surface area contributed by atoms with Crippen molar-refractivity contribution in [2.45, 2.75) is 52.5 Å². The maximum absolute atomic E-state index is 15.4. The molecule has 1 fully saturated rings. The number of carbonyl (C=O) groups excluding carboxylic acids is 2. The number of carbonyl (C=O) groups is 2. The van der Waals surface area contributed by atoms with Crippen molar-refractivity contribution in [2.75, 3.05) is 29.9 Å².